The van der Waals surface area contributed by atoms with Crippen LogP contribution in [0, 0.1) is 6.92 Å². The van der Waals surface area contributed by atoms with Gasteiger partial charge in [0.2, 0.25) is 0 Å². The molecular formula is C16H25N3O. The molecule has 0 saturated heterocycles. The lowest BCUT2D eigenvalue weighted by atomic mass is 10.1. The summed E-state index contributed by atoms with van der Waals surface area (Å²) < 4.78 is 0. The van der Waals surface area contributed by atoms with Crippen LogP contribution >= 0.6 is 0 Å². The fraction of sp³-hybridized carbons (Fsp3) is 0.562. The Morgan fingerprint density at radius 2 is 2.15 bits per heavy atom. The largest absolute Gasteiger partial charge is 0.385 e. The van der Waals surface area contributed by atoms with Gasteiger partial charge in [0.05, 0.1) is 5.56 Å². The average molecular weight is 275 g/mol. The van der Waals surface area contributed by atoms with Crippen LogP contribution in [0.1, 0.15) is 35.7 Å². The summed E-state index contributed by atoms with van der Waals surface area (Å²) in [7, 11) is 2.13. The van der Waals surface area contributed by atoms with Crippen molar-refractivity contribution in [1.29, 1.82) is 0 Å². The van der Waals surface area contributed by atoms with Gasteiger partial charge in [-0.1, -0.05) is 11.6 Å². The highest BCUT2D eigenvalue weighted by atomic mass is 16.1. The van der Waals surface area contributed by atoms with E-state index in [0.717, 1.165) is 35.9 Å². The second-order valence-corrected chi connectivity index (χ2v) is 5.55. The predicted octanol–water partition coefficient (Wildman–Crippen LogP) is 2.25. The van der Waals surface area contributed by atoms with Crippen LogP contribution in [0.4, 0.5) is 5.69 Å². The number of aryl methyl sites for hydroxylation is 1. The SMILES string of the molecule is CCNc1ccc(C)cc1C(=O)NCCN(C)C1CC1. The fourth-order valence-electron chi connectivity index (χ4n) is 2.33. The Labute approximate surface area is 121 Å². The maximum atomic E-state index is 12.3. The van der Waals surface area contributed by atoms with Crippen LogP contribution in [-0.2, 0) is 0 Å². The topological polar surface area (TPSA) is 44.4 Å². The average Bonchev–Trinajstić information content (AvgIpc) is 3.25. The first-order valence-electron chi connectivity index (χ1n) is 7.44. The quantitative estimate of drug-likeness (QED) is 0.802. The minimum atomic E-state index is 0.00819. The molecular weight excluding hydrogens is 250 g/mol. The Kier molecular flexibility index (Phi) is 5.01. The molecule has 0 atom stereocenters. The summed E-state index contributed by atoms with van der Waals surface area (Å²) in [5.74, 6) is 0.00819. The van der Waals surface area contributed by atoms with Crippen molar-refractivity contribution in [2.75, 3.05) is 32.0 Å². The first-order valence-corrected chi connectivity index (χ1v) is 7.44. The van der Waals surface area contributed by atoms with E-state index in [0.29, 0.717) is 6.54 Å². The van der Waals surface area contributed by atoms with Gasteiger partial charge in [-0.3, -0.25) is 4.79 Å². The third-order valence-corrected chi connectivity index (χ3v) is 3.71. The lowest BCUT2D eigenvalue weighted by Gasteiger charge is -2.16. The van der Waals surface area contributed by atoms with Crippen LogP contribution in [0.2, 0.25) is 0 Å². The molecule has 0 aromatic heterocycles. The van der Waals surface area contributed by atoms with Gasteiger partial charge in [0, 0.05) is 31.4 Å². The summed E-state index contributed by atoms with van der Waals surface area (Å²) in [5.41, 5.74) is 2.75. The highest BCUT2D eigenvalue weighted by Gasteiger charge is 2.25. The predicted molar refractivity (Wildman–Crippen MR) is 83.3 cm³/mol. The number of amides is 1. The molecule has 0 radical (unpaired) electrons. The molecule has 1 saturated carbocycles. The summed E-state index contributed by atoms with van der Waals surface area (Å²) in [4.78, 5) is 14.6. The molecule has 2 N–H and O–H groups in total. The van der Waals surface area contributed by atoms with E-state index < -0.39 is 0 Å². The molecule has 4 heteroatoms. The van der Waals surface area contributed by atoms with Crippen molar-refractivity contribution < 1.29 is 4.79 Å². The molecule has 1 aliphatic rings. The van der Waals surface area contributed by atoms with Crippen LogP contribution in [0.25, 0.3) is 0 Å². The molecule has 1 aromatic carbocycles. The highest BCUT2D eigenvalue weighted by molar-refractivity contribution is 5.99. The zero-order valence-corrected chi connectivity index (χ0v) is 12.7. The third kappa shape index (κ3) is 3.97. The van der Waals surface area contributed by atoms with Gasteiger partial charge in [0.1, 0.15) is 0 Å². The Morgan fingerprint density at radius 1 is 1.40 bits per heavy atom. The van der Waals surface area contributed by atoms with Crippen molar-refractivity contribution >= 4 is 11.6 Å². The molecule has 1 amide bonds. The molecule has 2 rings (SSSR count). The summed E-state index contributed by atoms with van der Waals surface area (Å²) in [6.07, 6.45) is 2.60. The number of hydrogen-bond acceptors (Lipinski definition) is 3. The van der Waals surface area contributed by atoms with Crippen LogP contribution in [-0.4, -0.2) is 43.5 Å². The van der Waals surface area contributed by atoms with E-state index in [9.17, 15) is 4.79 Å². The van der Waals surface area contributed by atoms with Crippen LogP contribution in [0.15, 0.2) is 18.2 Å². The summed E-state index contributed by atoms with van der Waals surface area (Å²) in [6.45, 7) is 6.47. The lowest BCUT2D eigenvalue weighted by Crippen LogP contribution is -2.34. The normalized spacial score (nSPS) is 14.4. The maximum Gasteiger partial charge on any atom is 0.253 e. The van der Waals surface area contributed by atoms with E-state index in [1.54, 1.807) is 0 Å². The maximum absolute atomic E-state index is 12.3. The second-order valence-electron chi connectivity index (χ2n) is 5.55. The number of anilines is 1. The van der Waals surface area contributed by atoms with Gasteiger partial charge in [-0.05, 0) is 45.9 Å². The first-order chi connectivity index (χ1) is 9.61. The second kappa shape index (κ2) is 6.75. The van der Waals surface area contributed by atoms with Crippen molar-refractivity contribution in [3.63, 3.8) is 0 Å². The fourth-order valence-corrected chi connectivity index (χ4v) is 2.33. The highest BCUT2D eigenvalue weighted by Crippen LogP contribution is 2.24. The van der Waals surface area contributed by atoms with Gasteiger partial charge >= 0.3 is 0 Å². The van der Waals surface area contributed by atoms with Gasteiger partial charge in [-0.2, -0.15) is 0 Å². The molecule has 110 valence electrons. The Hall–Kier alpha value is -1.55. The van der Waals surface area contributed by atoms with Crippen LogP contribution in [0.3, 0.4) is 0 Å². The minimum Gasteiger partial charge on any atom is -0.385 e. The van der Waals surface area contributed by atoms with Crippen molar-refractivity contribution in [1.82, 2.24) is 10.2 Å². The zero-order valence-electron chi connectivity index (χ0n) is 12.7. The van der Waals surface area contributed by atoms with Crippen LogP contribution < -0.4 is 10.6 Å². The number of nitrogens with zero attached hydrogens (tertiary/aromatic N) is 1. The molecule has 0 bridgehead atoms. The summed E-state index contributed by atoms with van der Waals surface area (Å²) in [5, 5.41) is 6.26. The number of carbonyl (C=O) groups excluding carboxylic acids is 1. The first kappa shape index (κ1) is 14.9. The molecule has 4 nitrogen and oxygen atoms in total. The van der Waals surface area contributed by atoms with E-state index in [1.807, 2.05) is 32.0 Å². The summed E-state index contributed by atoms with van der Waals surface area (Å²) >= 11 is 0. The monoisotopic (exact) mass is 275 g/mol. The lowest BCUT2D eigenvalue weighted by molar-refractivity contribution is 0.0950. The van der Waals surface area contributed by atoms with Gasteiger partial charge in [-0.15, -0.1) is 0 Å². The van der Waals surface area contributed by atoms with E-state index >= 15 is 0 Å². The van der Waals surface area contributed by atoms with Crippen molar-refractivity contribution in [3.8, 4) is 0 Å². The standard InChI is InChI=1S/C16H25N3O/c1-4-17-15-8-5-12(2)11-14(15)16(20)18-9-10-19(3)13-6-7-13/h5,8,11,13,17H,4,6-7,9-10H2,1-3H3,(H,18,20). The Bertz CT molecular complexity index is 469. The van der Waals surface area contributed by atoms with Gasteiger partial charge in [-0.25, -0.2) is 0 Å². The number of benzene rings is 1. The molecule has 20 heavy (non-hydrogen) atoms. The zero-order chi connectivity index (χ0) is 14.5. The molecule has 1 aliphatic carbocycles. The van der Waals surface area contributed by atoms with E-state index in [1.165, 1.54) is 12.8 Å². The van der Waals surface area contributed by atoms with E-state index in [4.69, 9.17) is 0 Å². The molecule has 0 unspecified atom stereocenters. The number of nitrogens with one attached hydrogen (secondary N) is 2. The molecule has 1 aromatic rings. The minimum absolute atomic E-state index is 0.00819. The third-order valence-electron chi connectivity index (χ3n) is 3.71. The number of rotatable bonds is 7. The molecule has 0 aliphatic heterocycles. The van der Waals surface area contributed by atoms with Gasteiger partial charge < -0.3 is 15.5 Å². The van der Waals surface area contributed by atoms with Crippen molar-refractivity contribution in [2.45, 2.75) is 32.7 Å². The Morgan fingerprint density at radius 3 is 2.80 bits per heavy atom. The van der Waals surface area contributed by atoms with Crippen LogP contribution in [0.5, 0.6) is 0 Å². The van der Waals surface area contributed by atoms with Gasteiger partial charge in [0.25, 0.3) is 5.91 Å². The van der Waals surface area contributed by atoms with E-state index in [-0.39, 0.29) is 5.91 Å². The summed E-state index contributed by atoms with van der Waals surface area (Å²) in [6, 6.07) is 6.68. The molecule has 1 fully saturated rings. The number of hydrogen-bond donors (Lipinski definition) is 2. The number of carbonyl (C=O) groups is 1. The van der Waals surface area contributed by atoms with Gasteiger partial charge in [0.15, 0.2) is 0 Å². The molecule has 0 heterocycles. The molecule has 0 spiro atoms. The van der Waals surface area contributed by atoms with Crippen molar-refractivity contribution in [3.05, 3.63) is 29.3 Å². The smallest absolute Gasteiger partial charge is 0.253 e. The Balaban J connectivity index is 1.91. The van der Waals surface area contributed by atoms with E-state index in [2.05, 4.69) is 22.6 Å². The number of likely N-dealkylation sites (N-methyl/N-ethyl adjacent to an activating group) is 1. The van der Waals surface area contributed by atoms with Crippen molar-refractivity contribution in [2.24, 2.45) is 0 Å².